The van der Waals surface area contributed by atoms with Crippen molar-refractivity contribution in [3.05, 3.63) is 87.1 Å². The number of methoxy groups -OCH3 is 1. The van der Waals surface area contributed by atoms with Gasteiger partial charge in [-0.1, -0.05) is 53.6 Å². The third-order valence-electron chi connectivity index (χ3n) is 4.88. The lowest BCUT2D eigenvalue weighted by molar-refractivity contribution is 0.418. The van der Waals surface area contributed by atoms with Crippen molar-refractivity contribution in [1.82, 2.24) is 0 Å². The maximum absolute atomic E-state index is 13.1. The number of fused-ring (bicyclic) bond motifs is 1. The van der Waals surface area contributed by atoms with Crippen molar-refractivity contribution in [2.24, 2.45) is 0 Å². The molecule has 0 N–H and O–H groups in total. The van der Waals surface area contributed by atoms with Crippen LogP contribution in [0.15, 0.2) is 75.0 Å². The van der Waals surface area contributed by atoms with Gasteiger partial charge in [-0.2, -0.15) is 0 Å². The normalized spacial score (nSPS) is 10.7. The summed E-state index contributed by atoms with van der Waals surface area (Å²) < 4.78 is 11.9. The summed E-state index contributed by atoms with van der Waals surface area (Å²) in [6.45, 7) is 8.32. The molecule has 0 aliphatic rings. The number of hydrogen-bond acceptors (Lipinski definition) is 3. The van der Waals surface area contributed by atoms with Crippen LogP contribution in [0.3, 0.4) is 0 Å². The monoisotopic (exact) mass is 388 g/mol. The van der Waals surface area contributed by atoms with Gasteiger partial charge in [-0.05, 0) is 52.2 Å². The minimum absolute atomic E-state index is 0.0887. The van der Waals surface area contributed by atoms with Gasteiger partial charge in [0.25, 0.3) is 0 Å². The average molecular weight is 389 g/mol. The van der Waals surface area contributed by atoms with Gasteiger partial charge in [0.2, 0.25) is 0 Å². The van der Waals surface area contributed by atoms with Crippen LogP contribution in [0.1, 0.15) is 38.8 Å². The van der Waals surface area contributed by atoms with Gasteiger partial charge >= 0.3 is 0 Å². The largest absolute Gasteiger partial charge is 0.496 e. The number of allylic oxidation sites excluding steroid dienone is 4. The molecule has 29 heavy (non-hydrogen) atoms. The van der Waals surface area contributed by atoms with E-state index in [1.807, 2.05) is 36.4 Å². The van der Waals surface area contributed by atoms with Crippen LogP contribution < -0.4 is 10.2 Å². The molecule has 1 aromatic heterocycles. The molecular weight excluding hydrogens is 360 g/mol. The second-order valence-corrected chi connectivity index (χ2v) is 7.73. The first-order valence-electron chi connectivity index (χ1n) is 9.89. The molecule has 3 nitrogen and oxygen atoms in total. The Balaban J connectivity index is 2.35. The number of hydrogen-bond donors (Lipinski definition) is 0. The zero-order chi connectivity index (χ0) is 21.0. The first-order chi connectivity index (χ1) is 13.9. The van der Waals surface area contributed by atoms with Crippen LogP contribution in [-0.2, 0) is 12.8 Å². The zero-order valence-corrected chi connectivity index (χ0v) is 17.8. The van der Waals surface area contributed by atoms with Crippen LogP contribution in [-0.4, -0.2) is 7.11 Å². The van der Waals surface area contributed by atoms with Gasteiger partial charge < -0.3 is 9.15 Å². The summed E-state index contributed by atoms with van der Waals surface area (Å²) in [6, 6.07) is 13.3. The molecule has 3 rings (SSSR count). The highest BCUT2D eigenvalue weighted by molar-refractivity contribution is 5.89. The molecule has 2 aromatic carbocycles. The minimum Gasteiger partial charge on any atom is -0.496 e. The highest BCUT2D eigenvalue weighted by Gasteiger charge is 2.18. The van der Waals surface area contributed by atoms with Gasteiger partial charge in [-0.3, -0.25) is 4.79 Å². The number of benzene rings is 2. The topological polar surface area (TPSA) is 39.4 Å². The maximum atomic E-state index is 13.1. The molecule has 3 aromatic rings. The summed E-state index contributed by atoms with van der Waals surface area (Å²) in [4.78, 5) is 13.1. The van der Waals surface area contributed by atoms with Gasteiger partial charge in [0.15, 0.2) is 5.43 Å². The van der Waals surface area contributed by atoms with Gasteiger partial charge in [0.1, 0.15) is 22.5 Å². The summed E-state index contributed by atoms with van der Waals surface area (Å²) >= 11 is 0. The fourth-order valence-electron chi connectivity index (χ4n) is 3.33. The van der Waals surface area contributed by atoms with Gasteiger partial charge in [-0.15, -0.1) is 0 Å². The van der Waals surface area contributed by atoms with Crippen molar-refractivity contribution in [3.63, 3.8) is 0 Å². The molecule has 0 spiro atoms. The van der Waals surface area contributed by atoms with Crippen molar-refractivity contribution in [2.75, 3.05) is 7.11 Å². The van der Waals surface area contributed by atoms with Crippen molar-refractivity contribution < 1.29 is 9.15 Å². The second kappa shape index (κ2) is 8.95. The Morgan fingerprint density at radius 1 is 0.966 bits per heavy atom. The smallest absolute Gasteiger partial charge is 0.197 e. The molecular formula is C26H28O3. The molecule has 150 valence electrons. The Morgan fingerprint density at radius 2 is 1.62 bits per heavy atom. The third-order valence-corrected chi connectivity index (χ3v) is 4.88. The van der Waals surface area contributed by atoms with Gasteiger partial charge in [0.05, 0.1) is 7.11 Å². The molecule has 0 fully saturated rings. The molecule has 0 atom stereocenters. The molecule has 0 radical (unpaired) electrons. The standard InChI is InChI=1S/C26H28O3/c1-17(2)11-13-20-15-24(28-5)25-22(27)16-23(19-9-7-6-8-10-19)29-26(25)21(20)14-12-18(3)4/h6-12,15-16H,13-14H2,1-5H3. The fourth-order valence-corrected chi connectivity index (χ4v) is 3.33. The van der Waals surface area contributed by atoms with Crippen LogP contribution in [0.25, 0.3) is 22.3 Å². The Hall–Kier alpha value is -3.07. The van der Waals surface area contributed by atoms with E-state index >= 15 is 0 Å². The van der Waals surface area contributed by atoms with Crippen molar-refractivity contribution in [3.8, 4) is 17.1 Å². The molecule has 0 aliphatic carbocycles. The van der Waals surface area contributed by atoms with E-state index in [4.69, 9.17) is 9.15 Å². The van der Waals surface area contributed by atoms with E-state index in [0.29, 0.717) is 28.9 Å². The summed E-state index contributed by atoms with van der Waals surface area (Å²) in [7, 11) is 1.60. The summed E-state index contributed by atoms with van der Waals surface area (Å²) in [5.74, 6) is 1.13. The van der Waals surface area contributed by atoms with Crippen LogP contribution in [0.5, 0.6) is 5.75 Å². The summed E-state index contributed by atoms with van der Waals surface area (Å²) in [5.41, 5.74) is 6.03. The Bertz CT molecular complexity index is 1120. The molecule has 0 amide bonds. The van der Waals surface area contributed by atoms with Crippen molar-refractivity contribution in [1.29, 1.82) is 0 Å². The Kier molecular flexibility index (Phi) is 6.38. The molecule has 1 heterocycles. The second-order valence-electron chi connectivity index (χ2n) is 7.73. The van der Waals surface area contributed by atoms with Crippen molar-refractivity contribution >= 4 is 11.0 Å². The Morgan fingerprint density at radius 3 is 2.24 bits per heavy atom. The molecule has 0 aliphatic heterocycles. The molecule has 0 bridgehead atoms. The zero-order valence-electron chi connectivity index (χ0n) is 17.8. The lowest BCUT2D eigenvalue weighted by Gasteiger charge is -2.15. The number of rotatable bonds is 6. The average Bonchev–Trinajstić information content (AvgIpc) is 2.70. The number of ether oxygens (including phenoxy) is 1. The van der Waals surface area contributed by atoms with E-state index in [1.54, 1.807) is 13.2 Å². The van der Waals surface area contributed by atoms with E-state index in [9.17, 15) is 4.79 Å². The van der Waals surface area contributed by atoms with E-state index in [2.05, 4.69) is 39.8 Å². The lowest BCUT2D eigenvalue weighted by atomic mass is 9.96. The third kappa shape index (κ3) is 4.68. The van der Waals surface area contributed by atoms with Crippen molar-refractivity contribution in [2.45, 2.75) is 40.5 Å². The predicted molar refractivity (Wildman–Crippen MR) is 121 cm³/mol. The van der Waals surface area contributed by atoms with Crippen LogP contribution in [0.2, 0.25) is 0 Å². The van der Waals surface area contributed by atoms with Crippen LogP contribution >= 0.6 is 0 Å². The van der Waals surface area contributed by atoms with E-state index in [1.165, 1.54) is 11.1 Å². The first-order valence-corrected chi connectivity index (χ1v) is 9.89. The maximum Gasteiger partial charge on any atom is 0.197 e. The highest BCUT2D eigenvalue weighted by Crippen LogP contribution is 2.33. The molecule has 0 unspecified atom stereocenters. The van der Waals surface area contributed by atoms with Gasteiger partial charge in [0, 0.05) is 17.2 Å². The Labute approximate surface area is 172 Å². The minimum atomic E-state index is -0.0887. The van der Waals surface area contributed by atoms with E-state index in [-0.39, 0.29) is 5.43 Å². The van der Waals surface area contributed by atoms with Crippen LogP contribution in [0, 0.1) is 0 Å². The molecule has 3 heteroatoms. The molecule has 0 saturated carbocycles. The van der Waals surface area contributed by atoms with E-state index < -0.39 is 0 Å². The van der Waals surface area contributed by atoms with Crippen LogP contribution in [0.4, 0.5) is 0 Å². The molecule has 0 saturated heterocycles. The predicted octanol–water partition coefficient (Wildman–Crippen LogP) is 6.49. The highest BCUT2D eigenvalue weighted by atomic mass is 16.5. The summed E-state index contributed by atoms with van der Waals surface area (Å²) in [5, 5.41) is 0.505. The SMILES string of the molecule is COc1cc(CC=C(C)C)c(CC=C(C)C)c2oc(-c3ccccc3)cc(=O)c12. The fraction of sp³-hybridized carbons (Fsp3) is 0.269. The lowest BCUT2D eigenvalue weighted by Crippen LogP contribution is -2.07. The van der Waals surface area contributed by atoms with Gasteiger partial charge in [-0.25, -0.2) is 0 Å². The van der Waals surface area contributed by atoms with E-state index in [0.717, 1.165) is 23.1 Å². The summed E-state index contributed by atoms with van der Waals surface area (Å²) in [6.07, 6.45) is 5.82. The first kappa shape index (κ1) is 20.7. The quantitative estimate of drug-likeness (QED) is 0.453.